The molecule has 4 rings (SSSR count). The number of benzene rings is 3. The van der Waals surface area contributed by atoms with Gasteiger partial charge in [0, 0.05) is 15.8 Å². The minimum atomic E-state index is -0.138. The number of aryl methyl sites for hydroxylation is 2. The molecule has 0 bridgehead atoms. The minimum Gasteiger partial charge on any atom is -0.266 e. The van der Waals surface area contributed by atoms with Crippen molar-refractivity contribution in [3.8, 4) is 0 Å². The first kappa shape index (κ1) is 21.7. The summed E-state index contributed by atoms with van der Waals surface area (Å²) in [6.45, 7) is 4.05. The quantitative estimate of drug-likeness (QED) is 0.378. The van der Waals surface area contributed by atoms with E-state index >= 15 is 0 Å². The van der Waals surface area contributed by atoms with Crippen LogP contribution in [-0.4, -0.2) is 11.1 Å². The normalized spacial score (nSPS) is 15.0. The van der Waals surface area contributed by atoms with Gasteiger partial charge in [0.05, 0.1) is 5.69 Å². The number of carbonyl (C=O) groups is 1. The van der Waals surface area contributed by atoms with Crippen molar-refractivity contribution in [3.05, 3.63) is 105 Å². The van der Waals surface area contributed by atoms with Gasteiger partial charge in [-0.25, -0.2) is 4.99 Å². The summed E-state index contributed by atoms with van der Waals surface area (Å²) in [5.74, 6) is 0.541. The maximum absolute atomic E-state index is 13.4. The van der Waals surface area contributed by atoms with E-state index in [1.807, 2.05) is 62.4 Å². The number of thioether (sulfide) groups is 1. The molecule has 1 aliphatic rings. The summed E-state index contributed by atoms with van der Waals surface area (Å²) in [5, 5.41) is 2.01. The molecular formula is C25H20Cl2N2OS. The molecule has 0 atom stereocenters. The lowest BCUT2D eigenvalue weighted by atomic mass is 10.1. The largest absolute Gasteiger partial charge is 0.283 e. The number of amides is 1. The monoisotopic (exact) mass is 466 g/mol. The summed E-state index contributed by atoms with van der Waals surface area (Å²) in [6, 6.07) is 21.1. The molecule has 0 unspecified atom stereocenters. The Morgan fingerprint density at radius 2 is 1.58 bits per heavy atom. The van der Waals surface area contributed by atoms with Crippen LogP contribution in [0.5, 0.6) is 0 Å². The van der Waals surface area contributed by atoms with Gasteiger partial charge in [0.2, 0.25) is 0 Å². The molecule has 156 valence electrons. The molecule has 3 aromatic carbocycles. The van der Waals surface area contributed by atoms with Gasteiger partial charge in [-0.05, 0) is 66.9 Å². The average Bonchev–Trinajstić information content (AvgIpc) is 3.04. The van der Waals surface area contributed by atoms with Crippen LogP contribution < -0.4 is 4.90 Å². The lowest BCUT2D eigenvalue weighted by Gasteiger charge is -2.20. The Morgan fingerprint density at radius 1 is 0.935 bits per heavy atom. The number of aliphatic imine (C=N–C) groups is 1. The van der Waals surface area contributed by atoms with Gasteiger partial charge in [-0.2, -0.15) is 0 Å². The Balaban J connectivity index is 1.68. The van der Waals surface area contributed by atoms with Crippen molar-refractivity contribution in [2.45, 2.75) is 19.6 Å². The van der Waals surface area contributed by atoms with Crippen molar-refractivity contribution in [2.24, 2.45) is 4.99 Å². The van der Waals surface area contributed by atoms with Crippen molar-refractivity contribution in [1.82, 2.24) is 0 Å². The Kier molecular flexibility index (Phi) is 6.51. The molecule has 0 N–H and O–H groups in total. The second kappa shape index (κ2) is 9.31. The number of nitrogens with zero attached hydrogens (tertiary/aromatic N) is 2. The summed E-state index contributed by atoms with van der Waals surface area (Å²) in [6.07, 6.45) is 1.80. The van der Waals surface area contributed by atoms with Crippen molar-refractivity contribution in [3.63, 3.8) is 0 Å². The molecule has 0 fully saturated rings. The number of halogens is 2. The zero-order valence-electron chi connectivity index (χ0n) is 17.1. The Bertz CT molecular complexity index is 1190. The third-order valence-electron chi connectivity index (χ3n) is 4.88. The minimum absolute atomic E-state index is 0.138. The number of amidine groups is 1. The van der Waals surface area contributed by atoms with Crippen LogP contribution in [0.1, 0.15) is 22.3 Å². The van der Waals surface area contributed by atoms with Gasteiger partial charge < -0.3 is 0 Å². The van der Waals surface area contributed by atoms with Gasteiger partial charge >= 0.3 is 0 Å². The Labute approximate surface area is 196 Å². The van der Waals surface area contributed by atoms with Gasteiger partial charge in [0.25, 0.3) is 5.91 Å². The maximum atomic E-state index is 13.4. The Morgan fingerprint density at radius 3 is 2.23 bits per heavy atom. The zero-order valence-corrected chi connectivity index (χ0v) is 19.4. The van der Waals surface area contributed by atoms with Gasteiger partial charge in [0.15, 0.2) is 5.17 Å². The van der Waals surface area contributed by atoms with Crippen molar-refractivity contribution < 1.29 is 4.79 Å². The Hall–Kier alpha value is -2.53. The van der Waals surface area contributed by atoms with Crippen LogP contribution in [0, 0.1) is 13.8 Å². The van der Waals surface area contributed by atoms with E-state index in [9.17, 15) is 4.79 Å². The average molecular weight is 467 g/mol. The highest BCUT2D eigenvalue weighted by Gasteiger charge is 2.32. The van der Waals surface area contributed by atoms with Crippen molar-refractivity contribution >= 4 is 57.8 Å². The predicted octanol–water partition coefficient (Wildman–Crippen LogP) is 7.29. The summed E-state index contributed by atoms with van der Waals surface area (Å²) < 4.78 is 0. The van der Waals surface area contributed by atoms with E-state index in [1.54, 1.807) is 23.1 Å². The maximum Gasteiger partial charge on any atom is 0.283 e. The molecule has 6 heteroatoms. The molecule has 1 aliphatic heterocycles. The fourth-order valence-electron chi connectivity index (χ4n) is 3.31. The van der Waals surface area contributed by atoms with Crippen molar-refractivity contribution in [1.29, 1.82) is 0 Å². The van der Waals surface area contributed by atoms with E-state index in [0.717, 1.165) is 27.9 Å². The summed E-state index contributed by atoms with van der Waals surface area (Å²) in [4.78, 5) is 19.8. The first-order chi connectivity index (χ1) is 14.9. The van der Waals surface area contributed by atoms with E-state index in [-0.39, 0.29) is 5.91 Å². The molecule has 1 amide bonds. The van der Waals surface area contributed by atoms with Crippen LogP contribution in [0.3, 0.4) is 0 Å². The number of carbonyl (C=O) groups excluding carboxylic acids is 1. The second-order valence-corrected chi connectivity index (χ2v) is 9.14. The van der Waals surface area contributed by atoms with Crippen LogP contribution in [0.25, 0.3) is 6.08 Å². The van der Waals surface area contributed by atoms with Crippen LogP contribution in [0.15, 0.2) is 77.4 Å². The number of hydrogen-bond acceptors (Lipinski definition) is 3. The number of hydrogen-bond donors (Lipinski definition) is 0. The molecule has 0 radical (unpaired) electrons. The lowest BCUT2D eigenvalue weighted by Crippen LogP contribution is -2.31. The summed E-state index contributed by atoms with van der Waals surface area (Å²) in [7, 11) is 0. The molecule has 0 saturated heterocycles. The van der Waals surface area contributed by atoms with Gasteiger partial charge in [-0.15, -0.1) is 0 Å². The SMILES string of the molecule is Cc1ccc(N2C(=O)/C(=C/c3ccc(Cl)cc3)N=C2SCc2ccc(Cl)cc2)c(C)c1. The summed E-state index contributed by atoms with van der Waals surface area (Å²) in [5.41, 5.74) is 5.41. The highest BCUT2D eigenvalue weighted by atomic mass is 35.5. The molecule has 3 nitrogen and oxygen atoms in total. The van der Waals surface area contributed by atoms with E-state index in [1.165, 1.54) is 11.8 Å². The van der Waals surface area contributed by atoms with Crippen LogP contribution in [0.4, 0.5) is 5.69 Å². The van der Waals surface area contributed by atoms with Crippen LogP contribution in [-0.2, 0) is 10.5 Å². The van der Waals surface area contributed by atoms with Crippen LogP contribution >= 0.6 is 35.0 Å². The number of rotatable bonds is 4. The van der Waals surface area contributed by atoms with Gasteiger partial charge in [0.1, 0.15) is 5.70 Å². The molecule has 1 heterocycles. The fourth-order valence-corrected chi connectivity index (χ4v) is 4.52. The first-order valence-corrected chi connectivity index (χ1v) is 11.5. The molecule has 0 aliphatic carbocycles. The third kappa shape index (κ3) is 5.04. The smallest absolute Gasteiger partial charge is 0.266 e. The molecule has 0 aromatic heterocycles. The molecule has 3 aromatic rings. The lowest BCUT2D eigenvalue weighted by molar-refractivity contribution is -0.113. The molecule has 0 spiro atoms. The van der Waals surface area contributed by atoms with Crippen molar-refractivity contribution in [2.75, 3.05) is 4.90 Å². The standard InChI is InChI=1S/C25H20Cl2N2OS/c1-16-3-12-23(17(2)13-16)29-24(30)22(14-18-4-8-20(26)9-5-18)28-25(29)31-15-19-6-10-21(27)11-7-19/h3-14H,15H2,1-2H3/b22-14-. The zero-order chi connectivity index (χ0) is 22.0. The van der Waals surface area contributed by atoms with E-state index < -0.39 is 0 Å². The molecule has 0 saturated carbocycles. The highest BCUT2D eigenvalue weighted by Crippen LogP contribution is 2.33. The first-order valence-electron chi connectivity index (χ1n) is 9.75. The summed E-state index contributed by atoms with van der Waals surface area (Å²) >= 11 is 13.5. The topological polar surface area (TPSA) is 32.7 Å². The predicted molar refractivity (Wildman–Crippen MR) is 133 cm³/mol. The van der Waals surface area contributed by atoms with E-state index in [0.29, 0.717) is 26.7 Å². The third-order valence-corrected chi connectivity index (χ3v) is 6.39. The fraction of sp³-hybridized carbons (Fsp3) is 0.120. The molecule has 31 heavy (non-hydrogen) atoms. The molecular weight excluding hydrogens is 447 g/mol. The number of anilines is 1. The van der Waals surface area contributed by atoms with E-state index in [2.05, 4.69) is 6.07 Å². The van der Waals surface area contributed by atoms with Crippen LogP contribution in [0.2, 0.25) is 10.0 Å². The van der Waals surface area contributed by atoms with Gasteiger partial charge in [-0.3, -0.25) is 9.69 Å². The second-order valence-electron chi connectivity index (χ2n) is 7.32. The van der Waals surface area contributed by atoms with E-state index in [4.69, 9.17) is 28.2 Å². The highest BCUT2D eigenvalue weighted by molar-refractivity contribution is 8.13. The van der Waals surface area contributed by atoms with Gasteiger partial charge in [-0.1, -0.05) is 76.9 Å².